The molecule has 0 nitrogen and oxygen atoms in total. The first kappa shape index (κ1) is 36.2. The zero-order chi connectivity index (χ0) is 29.4. The van der Waals surface area contributed by atoms with Gasteiger partial charge in [0.25, 0.3) is 0 Å². The van der Waals surface area contributed by atoms with Crippen LogP contribution in [0.15, 0.2) is 122 Å². The summed E-state index contributed by atoms with van der Waals surface area (Å²) >= 11 is 1.46. The number of benzene rings is 4. The molecule has 1 aliphatic rings. The van der Waals surface area contributed by atoms with Crippen molar-refractivity contribution in [1.82, 2.24) is 0 Å². The van der Waals surface area contributed by atoms with E-state index in [0.717, 1.165) is 12.0 Å². The predicted octanol–water partition coefficient (Wildman–Crippen LogP) is 4.17. The summed E-state index contributed by atoms with van der Waals surface area (Å²) in [4.78, 5) is 0. The Morgan fingerprint density at radius 2 is 1.35 bits per heavy atom. The Bertz CT molecular complexity index is 1540. The Balaban J connectivity index is 0.000000227. The van der Waals surface area contributed by atoms with Gasteiger partial charge >= 0.3 is 99.2 Å². The van der Waals surface area contributed by atoms with Crippen LogP contribution in [-0.2, 0) is 36.1 Å². The third-order valence-electron chi connectivity index (χ3n) is 7.21. The van der Waals surface area contributed by atoms with Gasteiger partial charge in [-0.3, -0.25) is 0 Å². The normalized spacial score (nSPS) is 10.7. The number of halogens is 2. The zero-order valence-corrected chi connectivity index (χ0v) is 29.4. The molecule has 0 N–H and O–H groups in total. The van der Waals surface area contributed by atoms with E-state index in [1.54, 1.807) is 0 Å². The van der Waals surface area contributed by atoms with Gasteiger partial charge in [-0.15, -0.1) is 23.8 Å². The summed E-state index contributed by atoms with van der Waals surface area (Å²) in [5.41, 5.74) is 13.3. The van der Waals surface area contributed by atoms with Crippen LogP contribution in [0.2, 0.25) is 0 Å². The van der Waals surface area contributed by atoms with E-state index in [1.165, 1.54) is 77.5 Å². The van der Waals surface area contributed by atoms with E-state index in [0.29, 0.717) is 5.41 Å². The molecule has 0 aromatic heterocycles. The molecular formula is C40H38Cl2Zr-2. The van der Waals surface area contributed by atoms with Crippen LogP contribution in [0.5, 0.6) is 0 Å². The summed E-state index contributed by atoms with van der Waals surface area (Å²) in [5.74, 6) is 0. The van der Waals surface area contributed by atoms with Crippen molar-refractivity contribution in [2.45, 2.75) is 39.5 Å². The van der Waals surface area contributed by atoms with Crippen LogP contribution in [0, 0.1) is 13.0 Å². The molecule has 0 unspecified atom stereocenters. The maximum absolute atomic E-state index is 3.82. The molecule has 3 heteroatoms. The molecule has 43 heavy (non-hydrogen) atoms. The summed E-state index contributed by atoms with van der Waals surface area (Å²) < 4.78 is 1.42. The molecule has 6 rings (SSSR count). The molecule has 0 saturated carbocycles. The van der Waals surface area contributed by atoms with Crippen molar-refractivity contribution >= 4 is 15.4 Å². The van der Waals surface area contributed by atoms with Crippen LogP contribution in [0.1, 0.15) is 65.3 Å². The van der Waals surface area contributed by atoms with Crippen molar-refractivity contribution in [3.63, 3.8) is 0 Å². The first-order chi connectivity index (χ1) is 19.7. The molecule has 0 radical (unpaired) electrons. The fraction of sp³-hybridized carbons (Fsp3) is 0.150. The van der Waals surface area contributed by atoms with E-state index in [1.807, 2.05) is 18.2 Å². The van der Waals surface area contributed by atoms with Gasteiger partial charge in [0.1, 0.15) is 0 Å². The predicted molar refractivity (Wildman–Crippen MR) is 175 cm³/mol. The zero-order valence-electron chi connectivity index (χ0n) is 25.4. The van der Waals surface area contributed by atoms with Crippen molar-refractivity contribution in [2.75, 3.05) is 0 Å². The molecule has 0 aliphatic heterocycles. The Morgan fingerprint density at radius 3 is 1.81 bits per heavy atom. The van der Waals surface area contributed by atoms with Gasteiger partial charge in [-0.25, -0.2) is 6.07 Å². The molecule has 5 aromatic rings. The second kappa shape index (κ2) is 16.8. The number of rotatable bonds is 4. The van der Waals surface area contributed by atoms with Crippen LogP contribution in [0.3, 0.4) is 0 Å². The summed E-state index contributed by atoms with van der Waals surface area (Å²) in [6.07, 6.45) is 4.74. The molecule has 0 spiro atoms. The first-order valence-corrected chi connectivity index (χ1v) is 15.3. The van der Waals surface area contributed by atoms with Gasteiger partial charge < -0.3 is 24.8 Å². The average Bonchev–Trinajstić information content (AvgIpc) is 3.61. The van der Waals surface area contributed by atoms with Gasteiger partial charge in [0.15, 0.2) is 0 Å². The van der Waals surface area contributed by atoms with Crippen LogP contribution >= 0.6 is 0 Å². The molecular weight excluding hydrogens is 643 g/mol. The third-order valence-corrected chi connectivity index (χ3v) is 8.63. The molecule has 0 amide bonds. The molecule has 5 aromatic carbocycles. The molecule has 218 valence electrons. The van der Waals surface area contributed by atoms with Crippen molar-refractivity contribution < 1.29 is 49.0 Å². The van der Waals surface area contributed by atoms with Crippen LogP contribution in [0.4, 0.5) is 0 Å². The van der Waals surface area contributed by atoms with Crippen LogP contribution in [0.25, 0.3) is 23.3 Å². The van der Waals surface area contributed by atoms with Gasteiger partial charge in [-0.2, -0.15) is 47.0 Å². The van der Waals surface area contributed by atoms with E-state index in [9.17, 15) is 0 Å². The molecule has 0 heterocycles. The first-order valence-electron chi connectivity index (χ1n) is 14.1. The van der Waals surface area contributed by atoms with Crippen molar-refractivity contribution in [2.24, 2.45) is 0 Å². The molecule has 0 saturated heterocycles. The minimum atomic E-state index is 0. The summed E-state index contributed by atoms with van der Waals surface area (Å²) in [6, 6.07) is 41.8. The SMILES string of the molecule is C=Cc1c[c-]c2c(c1)-c1cc(C=C)ccc1C2.Cc1cc(C(C)(C)C)c[cH-]1.[Cl-].[Cl-].[Zr+2]=[C](c1ccccc1)c1ccccc1. The van der Waals surface area contributed by atoms with E-state index >= 15 is 0 Å². The van der Waals surface area contributed by atoms with Crippen LogP contribution < -0.4 is 24.8 Å². The minimum absolute atomic E-state index is 0. The molecule has 1 aliphatic carbocycles. The molecule has 0 bridgehead atoms. The Morgan fingerprint density at radius 1 is 0.791 bits per heavy atom. The van der Waals surface area contributed by atoms with E-state index in [2.05, 4.69) is 150 Å². The second-order valence-corrected chi connectivity index (χ2v) is 12.6. The van der Waals surface area contributed by atoms with Crippen molar-refractivity contribution in [3.8, 4) is 11.1 Å². The van der Waals surface area contributed by atoms with Gasteiger partial charge in [0.2, 0.25) is 0 Å². The Kier molecular flexibility index (Phi) is 14.1. The summed E-state index contributed by atoms with van der Waals surface area (Å²) in [6.45, 7) is 16.5. The maximum atomic E-state index is 3.82. The standard InChI is InChI=1S/C17H13.C13H10.C10H15.2ClH.Zr/c1-3-12-5-7-14-11-15-8-6-13(4-2)10-17(15)16(14)9-12;1-3-7-12(8-4-1)11-13-9-5-2-6-10-13;1-8-5-6-9(7-8)10(2,3)4;;;/h3-7,9-10H,1-2,11H2;1-10H;5-7H,1-4H3;2*1H;/q-1;;-1;;;+2/p-2. The van der Waals surface area contributed by atoms with E-state index in [4.69, 9.17) is 0 Å². The summed E-state index contributed by atoms with van der Waals surface area (Å²) in [7, 11) is 0. The fourth-order valence-electron chi connectivity index (χ4n) is 4.77. The number of fused-ring (bicyclic) bond motifs is 3. The summed E-state index contributed by atoms with van der Waals surface area (Å²) in [5, 5.41) is 0. The second-order valence-electron chi connectivity index (χ2n) is 11.4. The van der Waals surface area contributed by atoms with Crippen molar-refractivity contribution in [3.05, 3.63) is 173 Å². The number of hydrogen-bond acceptors (Lipinski definition) is 0. The van der Waals surface area contributed by atoms with Gasteiger partial charge in [-0.05, 0) is 12.0 Å². The number of aryl methyl sites for hydroxylation is 1. The Labute approximate surface area is 286 Å². The van der Waals surface area contributed by atoms with E-state index in [-0.39, 0.29) is 24.8 Å². The fourth-order valence-corrected chi connectivity index (χ4v) is 5.59. The number of hydrogen-bond donors (Lipinski definition) is 0. The quantitative estimate of drug-likeness (QED) is 0.246. The van der Waals surface area contributed by atoms with Gasteiger partial charge in [0.05, 0.1) is 0 Å². The third kappa shape index (κ3) is 9.77. The topological polar surface area (TPSA) is 0 Å². The van der Waals surface area contributed by atoms with Crippen LogP contribution in [-0.4, -0.2) is 3.21 Å². The van der Waals surface area contributed by atoms with Gasteiger partial charge in [0, 0.05) is 0 Å². The Hall–Kier alpha value is -2.96. The molecule has 0 fully saturated rings. The van der Waals surface area contributed by atoms with Gasteiger partial charge in [-0.1, -0.05) is 75.1 Å². The monoisotopic (exact) mass is 678 g/mol. The van der Waals surface area contributed by atoms with E-state index < -0.39 is 0 Å². The molecule has 0 atom stereocenters. The van der Waals surface area contributed by atoms with Crippen molar-refractivity contribution in [1.29, 1.82) is 0 Å². The average molecular weight is 681 g/mol.